The molecule has 108 valence electrons. The molecule has 1 aromatic rings. The van der Waals surface area contributed by atoms with Gasteiger partial charge in [0, 0.05) is 25.4 Å². The Morgan fingerprint density at radius 1 is 1.32 bits per heavy atom. The zero-order valence-corrected chi connectivity index (χ0v) is 11.6. The third-order valence-corrected chi connectivity index (χ3v) is 2.28. The highest BCUT2D eigenvalue weighted by molar-refractivity contribution is 5.93. The Kier molecular flexibility index (Phi) is 7.11. The molecule has 0 aliphatic heterocycles. The van der Waals surface area contributed by atoms with Crippen molar-refractivity contribution in [3.05, 3.63) is 23.9 Å². The predicted molar refractivity (Wildman–Crippen MR) is 69.5 cm³/mol. The number of carbonyl (C=O) groups is 1. The Morgan fingerprint density at radius 2 is 1.89 bits per heavy atom. The fourth-order valence-corrected chi connectivity index (χ4v) is 1.23. The summed E-state index contributed by atoms with van der Waals surface area (Å²) in [6, 6.07) is 3.09. The first-order chi connectivity index (χ1) is 8.79. The lowest BCUT2D eigenvalue weighted by atomic mass is 10.2. The lowest BCUT2D eigenvalue weighted by molar-refractivity contribution is -0.132. The SMILES string of the molecule is CC.CC(=O)c1ccc(N(C)CCC(F)(F)F)nc1. The first-order valence-corrected chi connectivity index (χ1v) is 6.04. The van der Waals surface area contributed by atoms with Gasteiger partial charge in [-0.25, -0.2) is 4.98 Å². The first-order valence-electron chi connectivity index (χ1n) is 6.04. The molecule has 0 spiro atoms. The van der Waals surface area contributed by atoms with Crippen LogP contribution >= 0.6 is 0 Å². The second-order valence-corrected chi connectivity index (χ2v) is 3.75. The number of ketones is 1. The van der Waals surface area contributed by atoms with Crippen LogP contribution in [-0.2, 0) is 0 Å². The van der Waals surface area contributed by atoms with E-state index in [0.29, 0.717) is 11.4 Å². The van der Waals surface area contributed by atoms with Crippen molar-refractivity contribution < 1.29 is 18.0 Å². The average Bonchev–Trinajstić information content (AvgIpc) is 2.37. The van der Waals surface area contributed by atoms with Gasteiger partial charge in [-0.2, -0.15) is 13.2 Å². The third-order valence-electron chi connectivity index (χ3n) is 2.28. The summed E-state index contributed by atoms with van der Waals surface area (Å²) in [6.07, 6.45) is -3.70. The molecule has 0 aliphatic rings. The summed E-state index contributed by atoms with van der Waals surface area (Å²) in [4.78, 5) is 16.3. The molecule has 0 aliphatic carbocycles. The highest BCUT2D eigenvalue weighted by atomic mass is 19.4. The number of pyridine rings is 1. The molecule has 6 heteroatoms. The number of Topliss-reactive ketones (excluding diaryl/α,β-unsaturated/α-hetero) is 1. The molecule has 3 nitrogen and oxygen atoms in total. The normalized spacial score (nSPS) is 10.5. The van der Waals surface area contributed by atoms with Gasteiger partial charge in [0.05, 0.1) is 6.42 Å². The summed E-state index contributed by atoms with van der Waals surface area (Å²) >= 11 is 0. The molecule has 0 radical (unpaired) electrons. The number of rotatable bonds is 4. The molecule has 1 aromatic heterocycles. The van der Waals surface area contributed by atoms with E-state index in [4.69, 9.17) is 0 Å². The van der Waals surface area contributed by atoms with Crippen molar-refractivity contribution >= 4 is 11.6 Å². The van der Waals surface area contributed by atoms with Gasteiger partial charge in [0.2, 0.25) is 0 Å². The standard InChI is InChI=1S/C11H13F3N2O.C2H6/c1-8(17)9-3-4-10(15-7-9)16(2)6-5-11(12,13)14;1-2/h3-4,7H,5-6H2,1-2H3;1-2H3. The molecule has 0 atom stereocenters. The molecular formula is C13H19F3N2O. The molecule has 0 saturated carbocycles. The maximum atomic E-state index is 12.0. The third kappa shape index (κ3) is 6.79. The van der Waals surface area contributed by atoms with Gasteiger partial charge < -0.3 is 4.90 Å². The van der Waals surface area contributed by atoms with Crippen molar-refractivity contribution in [3.63, 3.8) is 0 Å². The summed E-state index contributed by atoms with van der Waals surface area (Å²) in [5.74, 6) is 0.293. The molecule has 1 rings (SSSR count). The van der Waals surface area contributed by atoms with Gasteiger partial charge >= 0.3 is 6.18 Å². The topological polar surface area (TPSA) is 33.2 Å². The highest BCUT2D eigenvalue weighted by Gasteiger charge is 2.27. The molecule has 0 saturated heterocycles. The maximum Gasteiger partial charge on any atom is 0.390 e. The van der Waals surface area contributed by atoms with Crippen LogP contribution in [0, 0.1) is 0 Å². The minimum Gasteiger partial charge on any atom is -0.359 e. The minimum absolute atomic E-state index is 0.123. The summed E-state index contributed by atoms with van der Waals surface area (Å²) < 4.78 is 36.0. The highest BCUT2D eigenvalue weighted by Crippen LogP contribution is 2.20. The van der Waals surface area contributed by atoms with E-state index < -0.39 is 12.6 Å². The second kappa shape index (κ2) is 7.76. The molecule has 0 N–H and O–H groups in total. The van der Waals surface area contributed by atoms with Gasteiger partial charge in [0.25, 0.3) is 0 Å². The number of halogens is 3. The smallest absolute Gasteiger partial charge is 0.359 e. The van der Waals surface area contributed by atoms with Crippen LogP contribution in [0.1, 0.15) is 37.6 Å². The number of nitrogens with zero attached hydrogens (tertiary/aromatic N) is 2. The van der Waals surface area contributed by atoms with Crippen LogP contribution in [0.15, 0.2) is 18.3 Å². The van der Waals surface area contributed by atoms with Gasteiger partial charge in [-0.15, -0.1) is 0 Å². The van der Waals surface area contributed by atoms with E-state index in [2.05, 4.69) is 4.98 Å². The van der Waals surface area contributed by atoms with E-state index in [9.17, 15) is 18.0 Å². The minimum atomic E-state index is -4.17. The quantitative estimate of drug-likeness (QED) is 0.786. The number of alkyl halides is 3. The van der Waals surface area contributed by atoms with Crippen LogP contribution in [0.2, 0.25) is 0 Å². The van der Waals surface area contributed by atoms with Gasteiger partial charge in [-0.3, -0.25) is 4.79 Å². The van der Waals surface area contributed by atoms with Crippen molar-refractivity contribution in [2.24, 2.45) is 0 Å². The number of anilines is 1. The van der Waals surface area contributed by atoms with Crippen molar-refractivity contribution in [1.82, 2.24) is 4.98 Å². The number of aromatic nitrogens is 1. The summed E-state index contributed by atoms with van der Waals surface area (Å²) in [6.45, 7) is 5.25. The molecule has 0 fully saturated rings. The molecular weight excluding hydrogens is 257 g/mol. The Morgan fingerprint density at radius 3 is 2.26 bits per heavy atom. The van der Waals surface area contributed by atoms with Gasteiger partial charge in [0.15, 0.2) is 5.78 Å². The number of hydrogen-bond acceptors (Lipinski definition) is 3. The van der Waals surface area contributed by atoms with E-state index in [-0.39, 0.29) is 12.3 Å². The van der Waals surface area contributed by atoms with E-state index in [1.54, 1.807) is 6.07 Å². The monoisotopic (exact) mass is 276 g/mol. The fourth-order valence-electron chi connectivity index (χ4n) is 1.23. The van der Waals surface area contributed by atoms with E-state index in [1.165, 1.54) is 31.1 Å². The lowest BCUT2D eigenvalue weighted by Crippen LogP contribution is -2.24. The maximum absolute atomic E-state index is 12.0. The van der Waals surface area contributed by atoms with Crippen LogP contribution in [-0.4, -0.2) is 30.5 Å². The van der Waals surface area contributed by atoms with E-state index >= 15 is 0 Å². The summed E-state index contributed by atoms with van der Waals surface area (Å²) in [5, 5.41) is 0. The molecule has 19 heavy (non-hydrogen) atoms. The van der Waals surface area contributed by atoms with Crippen LogP contribution in [0.25, 0.3) is 0 Å². The van der Waals surface area contributed by atoms with Crippen molar-refractivity contribution in [1.29, 1.82) is 0 Å². The summed E-state index contributed by atoms with van der Waals surface area (Å²) in [7, 11) is 1.53. The second-order valence-electron chi connectivity index (χ2n) is 3.75. The fraction of sp³-hybridized carbons (Fsp3) is 0.538. The number of hydrogen-bond donors (Lipinski definition) is 0. The zero-order valence-electron chi connectivity index (χ0n) is 11.6. The molecule has 0 bridgehead atoms. The summed E-state index contributed by atoms with van der Waals surface area (Å²) in [5.41, 5.74) is 0.443. The largest absolute Gasteiger partial charge is 0.390 e. The molecule has 0 aromatic carbocycles. The van der Waals surface area contributed by atoms with Crippen LogP contribution in [0.3, 0.4) is 0 Å². The zero-order chi connectivity index (χ0) is 15.1. The predicted octanol–water partition coefficient (Wildman–Crippen LogP) is 3.70. The Labute approximate surface area is 111 Å². The first kappa shape index (κ1) is 17.4. The average molecular weight is 276 g/mol. The van der Waals surface area contributed by atoms with Crippen LogP contribution in [0.4, 0.5) is 19.0 Å². The van der Waals surface area contributed by atoms with Gasteiger partial charge in [0.1, 0.15) is 5.82 Å². The lowest BCUT2D eigenvalue weighted by Gasteiger charge is -2.18. The van der Waals surface area contributed by atoms with E-state index in [0.717, 1.165) is 0 Å². The van der Waals surface area contributed by atoms with Gasteiger partial charge in [-0.1, -0.05) is 13.8 Å². The van der Waals surface area contributed by atoms with Crippen molar-refractivity contribution in [3.8, 4) is 0 Å². The molecule has 0 unspecified atom stereocenters. The van der Waals surface area contributed by atoms with E-state index in [1.807, 2.05) is 13.8 Å². The van der Waals surface area contributed by atoms with Crippen LogP contribution in [0.5, 0.6) is 0 Å². The Hall–Kier alpha value is -1.59. The Bertz CT molecular complexity index is 388. The Balaban J connectivity index is 0.00000154. The molecule has 0 amide bonds. The van der Waals surface area contributed by atoms with Gasteiger partial charge in [-0.05, 0) is 19.1 Å². The molecule has 1 heterocycles. The van der Waals surface area contributed by atoms with Crippen LogP contribution < -0.4 is 4.90 Å². The number of carbonyl (C=O) groups excluding carboxylic acids is 1. The van der Waals surface area contributed by atoms with Crippen molar-refractivity contribution in [2.75, 3.05) is 18.5 Å². The van der Waals surface area contributed by atoms with Crippen molar-refractivity contribution in [2.45, 2.75) is 33.4 Å².